The van der Waals surface area contributed by atoms with E-state index in [0.717, 1.165) is 13.1 Å². The molecule has 0 amide bonds. The van der Waals surface area contributed by atoms with Crippen molar-refractivity contribution >= 4 is 17.3 Å². The van der Waals surface area contributed by atoms with Crippen LogP contribution in [-0.4, -0.2) is 38.0 Å². The lowest BCUT2D eigenvalue weighted by atomic mass is 10.1. The van der Waals surface area contributed by atoms with Crippen LogP contribution in [0.5, 0.6) is 0 Å². The zero-order valence-corrected chi connectivity index (χ0v) is 12.0. The van der Waals surface area contributed by atoms with Gasteiger partial charge in [0.1, 0.15) is 0 Å². The normalized spacial score (nSPS) is 12.8. The number of hydrogen-bond donors (Lipinski definition) is 0. The zero-order chi connectivity index (χ0) is 12.8. The second kappa shape index (κ2) is 6.87. The van der Waals surface area contributed by atoms with E-state index in [1.54, 1.807) is 0 Å². The fraction of sp³-hybridized carbons (Fsp3) is 0.571. The molecule has 0 aromatic heterocycles. The first-order chi connectivity index (χ1) is 8.13. The second-order valence-corrected chi connectivity index (χ2v) is 4.69. The number of anilines is 1. The van der Waals surface area contributed by atoms with Crippen LogP contribution in [0, 0.1) is 0 Å². The first kappa shape index (κ1) is 14.3. The van der Waals surface area contributed by atoms with Crippen molar-refractivity contribution in [2.24, 2.45) is 0 Å². The van der Waals surface area contributed by atoms with Crippen LogP contribution in [-0.2, 0) is 0 Å². The Morgan fingerprint density at radius 3 is 1.94 bits per heavy atom. The molecule has 0 N–H and O–H groups in total. The summed E-state index contributed by atoms with van der Waals surface area (Å²) in [5, 5.41) is 0. The van der Waals surface area contributed by atoms with E-state index in [4.69, 9.17) is 11.6 Å². The standard InChI is InChI=1S/C14H23ClN2/c1-5-17(6-2)14(11-15)12-7-9-13(10-8-12)16(3)4/h7-10,14H,5-6,11H2,1-4H3. The number of alkyl halides is 1. The summed E-state index contributed by atoms with van der Waals surface area (Å²) in [6.45, 7) is 6.42. The van der Waals surface area contributed by atoms with Crippen molar-refractivity contribution < 1.29 is 0 Å². The average molecular weight is 255 g/mol. The largest absolute Gasteiger partial charge is 0.378 e. The van der Waals surface area contributed by atoms with Gasteiger partial charge in [-0.25, -0.2) is 0 Å². The second-order valence-electron chi connectivity index (χ2n) is 4.38. The van der Waals surface area contributed by atoms with Crippen molar-refractivity contribution in [2.45, 2.75) is 19.9 Å². The highest BCUT2D eigenvalue weighted by Gasteiger charge is 2.16. The third-order valence-corrected chi connectivity index (χ3v) is 3.49. The van der Waals surface area contributed by atoms with Gasteiger partial charge in [-0.1, -0.05) is 26.0 Å². The molecule has 1 aromatic rings. The molecule has 0 spiro atoms. The molecule has 3 heteroatoms. The van der Waals surface area contributed by atoms with Gasteiger partial charge in [0.2, 0.25) is 0 Å². The molecule has 96 valence electrons. The van der Waals surface area contributed by atoms with Crippen LogP contribution < -0.4 is 4.90 Å². The van der Waals surface area contributed by atoms with Crippen molar-refractivity contribution in [2.75, 3.05) is 38.0 Å². The van der Waals surface area contributed by atoms with Crippen LogP contribution >= 0.6 is 11.6 Å². The maximum absolute atomic E-state index is 6.10. The van der Waals surface area contributed by atoms with Gasteiger partial charge >= 0.3 is 0 Å². The highest BCUT2D eigenvalue weighted by Crippen LogP contribution is 2.24. The van der Waals surface area contributed by atoms with E-state index in [1.807, 2.05) is 0 Å². The molecule has 17 heavy (non-hydrogen) atoms. The van der Waals surface area contributed by atoms with Crippen LogP contribution in [0.4, 0.5) is 5.69 Å². The van der Waals surface area contributed by atoms with E-state index >= 15 is 0 Å². The molecular formula is C14H23ClN2. The quantitative estimate of drug-likeness (QED) is 0.719. The SMILES string of the molecule is CCN(CC)C(CCl)c1ccc(N(C)C)cc1. The molecule has 0 saturated heterocycles. The Bertz CT molecular complexity index is 317. The number of halogens is 1. The number of nitrogens with zero attached hydrogens (tertiary/aromatic N) is 2. The Hall–Kier alpha value is -0.730. The van der Waals surface area contributed by atoms with Crippen molar-refractivity contribution in [3.63, 3.8) is 0 Å². The predicted octanol–water partition coefficient (Wildman–Crippen LogP) is 3.37. The van der Waals surface area contributed by atoms with Gasteiger partial charge in [-0.05, 0) is 30.8 Å². The van der Waals surface area contributed by atoms with Crippen LogP contribution in [0.3, 0.4) is 0 Å². The predicted molar refractivity (Wildman–Crippen MR) is 77.2 cm³/mol. The number of rotatable bonds is 6. The minimum absolute atomic E-state index is 0.322. The Morgan fingerprint density at radius 1 is 1.06 bits per heavy atom. The molecule has 0 heterocycles. The topological polar surface area (TPSA) is 6.48 Å². The average Bonchev–Trinajstić information content (AvgIpc) is 2.36. The summed E-state index contributed by atoms with van der Waals surface area (Å²) >= 11 is 6.10. The molecule has 0 saturated carbocycles. The highest BCUT2D eigenvalue weighted by molar-refractivity contribution is 6.18. The molecule has 0 radical (unpaired) electrons. The fourth-order valence-corrected chi connectivity index (χ4v) is 2.43. The van der Waals surface area contributed by atoms with E-state index in [1.165, 1.54) is 11.3 Å². The molecular weight excluding hydrogens is 232 g/mol. The summed E-state index contributed by atoms with van der Waals surface area (Å²) in [6.07, 6.45) is 0. The third-order valence-electron chi connectivity index (χ3n) is 3.19. The minimum atomic E-state index is 0.322. The monoisotopic (exact) mass is 254 g/mol. The highest BCUT2D eigenvalue weighted by atomic mass is 35.5. The Kier molecular flexibility index (Phi) is 5.79. The third kappa shape index (κ3) is 3.62. The minimum Gasteiger partial charge on any atom is -0.378 e. The molecule has 1 aromatic carbocycles. The smallest absolute Gasteiger partial charge is 0.0483 e. The van der Waals surface area contributed by atoms with E-state index < -0.39 is 0 Å². The first-order valence-corrected chi connectivity index (χ1v) is 6.74. The van der Waals surface area contributed by atoms with Gasteiger partial charge < -0.3 is 4.90 Å². The molecule has 0 aliphatic heterocycles. The van der Waals surface area contributed by atoms with Crippen LogP contribution in [0.2, 0.25) is 0 Å². The summed E-state index contributed by atoms with van der Waals surface area (Å²) in [7, 11) is 4.11. The van der Waals surface area contributed by atoms with E-state index in [0.29, 0.717) is 11.9 Å². The lowest BCUT2D eigenvalue weighted by molar-refractivity contribution is 0.237. The van der Waals surface area contributed by atoms with E-state index in [-0.39, 0.29) is 0 Å². The van der Waals surface area contributed by atoms with Crippen molar-refractivity contribution in [3.8, 4) is 0 Å². The molecule has 0 bridgehead atoms. The van der Waals surface area contributed by atoms with Crippen molar-refractivity contribution in [1.29, 1.82) is 0 Å². The van der Waals surface area contributed by atoms with Gasteiger partial charge in [-0.3, -0.25) is 4.90 Å². The van der Waals surface area contributed by atoms with E-state index in [9.17, 15) is 0 Å². The molecule has 1 atom stereocenters. The van der Waals surface area contributed by atoms with Gasteiger partial charge in [0.05, 0.1) is 0 Å². The maximum Gasteiger partial charge on any atom is 0.0483 e. The summed E-state index contributed by atoms with van der Waals surface area (Å²) in [5.74, 6) is 0.642. The first-order valence-electron chi connectivity index (χ1n) is 6.21. The molecule has 1 rings (SSSR count). The Balaban J connectivity index is 2.89. The molecule has 2 nitrogen and oxygen atoms in total. The summed E-state index contributed by atoms with van der Waals surface area (Å²) in [5.41, 5.74) is 2.52. The summed E-state index contributed by atoms with van der Waals surface area (Å²) < 4.78 is 0. The van der Waals surface area contributed by atoms with Crippen LogP contribution in [0.1, 0.15) is 25.5 Å². The summed E-state index contributed by atoms with van der Waals surface area (Å²) in [4.78, 5) is 4.49. The van der Waals surface area contributed by atoms with Gasteiger partial charge in [-0.15, -0.1) is 11.6 Å². The summed E-state index contributed by atoms with van der Waals surface area (Å²) in [6, 6.07) is 8.99. The zero-order valence-electron chi connectivity index (χ0n) is 11.3. The Morgan fingerprint density at radius 2 is 1.59 bits per heavy atom. The van der Waals surface area contributed by atoms with Crippen LogP contribution in [0.25, 0.3) is 0 Å². The molecule has 1 unspecified atom stereocenters. The molecule has 0 aliphatic carbocycles. The van der Waals surface area contributed by atoms with E-state index in [2.05, 4.69) is 62.0 Å². The van der Waals surface area contributed by atoms with Gasteiger partial charge in [0.25, 0.3) is 0 Å². The number of benzene rings is 1. The Labute approximate surface area is 110 Å². The van der Waals surface area contributed by atoms with Crippen molar-refractivity contribution in [3.05, 3.63) is 29.8 Å². The molecule has 0 aliphatic rings. The van der Waals surface area contributed by atoms with Gasteiger partial charge in [0, 0.05) is 31.7 Å². The maximum atomic E-state index is 6.10. The molecule has 0 fully saturated rings. The van der Waals surface area contributed by atoms with Gasteiger partial charge in [-0.2, -0.15) is 0 Å². The fourth-order valence-electron chi connectivity index (χ4n) is 2.06. The lowest BCUT2D eigenvalue weighted by Gasteiger charge is -2.28. The van der Waals surface area contributed by atoms with Gasteiger partial charge in [0.15, 0.2) is 0 Å². The van der Waals surface area contributed by atoms with Crippen LogP contribution in [0.15, 0.2) is 24.3 Å². The lowest BCUT2D eigenvalue weighted by Crippen LogP contribution is -2.29. The van der Waals surface area contributed by atoms with Crippen molar-refractivity contribution in [1.82, 2.24) is 4.90 Å². The number of hydrogen-bond acceptors (Lipinski definition) is 2.